The zero-order chi connectivity index (χ0) is 14.9. The van der Waals surface area contributed by atoms with Crippen molar-refractivity contribution >= 4 is 11.9 Å². The average Bonchev–Trinajstić information content (AvgIpc) is 2.35. The highest BCUT2D eigenvalue weighted by atomic mass is 16.5. The molecule has 0 unspecified atom stereocenters. The van der Waals surface area contributed by atoms with E-state index in [1.807, 2.05) is 51.1 Å². The summed E-state index contributed by atoms with van der Waals surface area (Å²) in [6.45, 7) is 7.96. The van der Waals surface area contributed by atoms with Gasteiger partial charge < -0.3 is 9.64 Å². The number of esters is 1. The van der Waals surface area contributed by atoms with E-state index in [1.54, 1.807) is 11.8 Å². The fourth-order valence-corrected chi connectivity index (χ4v) is 2.69. The molecular weight excluding hydrogens is 254 g/mol. The Morgan fingerprint density at radius 1 is 1.25 bits per heavy atom. The van der Waals surface area contributed by atoms with Crippen molar-refractivity contribution in [2.45, 2.75) is 39.3 Å². The highest BCUT2D eigenvalue weighted by Gasteiger charge is 2.56. The van der Waals surface area contributed by atoms with Gasteiger partial charge in [-0.25, -0.2) is 0 Å². The zero-order valence-electron chi connectivity index (χ0n) is 12.4. The third-order valence-corrected chi connectivity index (χ3v) is 3.50. The van der Waals surface area contributed by atoms with E-state index in [2.05, 4.69) is 0 Å². The highest BCUT2D eigenvalue weighted by Crippen LogP contribution is 2.45. The van der Waals surface area contributed by atoms with Gasteiger partial charge in [0.1, 0.15) is 0 Å². The lowest BCUT2D eigenvalue weighted by molar-refractivity contribution is -0.180. The molecule has 1 aromatic carbocycles. The number of rotatable bonds is 3. The van der Waals surface area contributed by atoms with E-state index in [1.165, 1.54) is 0 Å². The van der Waals surface area contributed by atoms with E-state index in [9.17, 15) is 9.59 Å². The Kier molecular flexibility index (Phi) is 3.84. The molecule has 0 radical (unpaired) electrons. The first-order chi connectivity index (χ1) is 9.38. The van der Waals surface area contributed by atoms with Crippen LogP contribution in [-0.2, 0) is 14.3 Å². The predicted octanol–water partition coefficient (Wildman–Crippen LogP) is 2.55. The maximum Gasteiger partial charge on any atom is 0.321 e. The molecule has 0 aromatic heterocycles. The van der Waals surface area contributed by atoms with Crippen molar-refractivity contribution in [2.75, 3.05) is 6.61 Å². The molecule has 0 bridgehead atoms. The lowest BCUT2D eigenvalue weighted by atomic mass is 9.78. The second-order valence-corrected chi connectivity index (χ2v) is 5.96. The Morgan fingerprint density at radius 3 is 2.35 bits per heavy atom. The summed E-state index contributed by atoms with van der Waals surface area (Å²) in [5.74, 6) is -1.28. The van der Waals surface area contributed by atoms with Crippen LogP contribution >= 0.6 is 0 Å². The number of hydrogen-bond donors (Lipinski definition) is 0. The molecule has 1 saturated heterocycles. The van der Waals surface area contributed by atoms with Crippen LogP contribution in [0.1, 0.15) is 39.3 Å². The standard InChI is InChI=1S/C16H21NO3/c1-5-20-15(19)12-13(11-9-7-6-8-10-11)17(14(12)18)16(2,3)4/h6-10,12-13H,5H2,1-4H3/t12-,13+/m1/s1. The van der Waals surface area contributed by atoms with E-state index < -0.39 is 11.9 Å². The van der Waals surface area contributed by atoms with Crippen LogP contribution in [0, 0.1) is 5.92 Å². The number of carbonyl (C=O) groups excluding carboxylic acids is 2. The Labute approximate surface area is 119 Å². The number of benzene rings is 1. The number of hydrogen-bond acceptors (Lipinski definition) is 3. The molecule has 2 rings (SSSR count). The fourth-order valence-electron chi connectivity index (χ4n) is 2.69. The fraction of sp³-hybridized carbons (Fsp3) is 0.500. The molecule has 20 heavy (non-hydrogen) atoms. The van der Waals surface area contributed by atoms with Crippen LogP contribution in [0.5, 0.6) is 0 Å². The summed E-state index contributed by atoms with van der Waals surface area (Å²) in [6.07, 6.45) is 0. The number of likely N-dealkylation sites (tertiary alicyclic amines) is 1. The first-order valence-electron chi connectivity index (χ1n) is 6.92. The van der Waals surface area contributed by atoms with Crippen LogP contribution in [0.15, 0.2) is 30.3 Å². The van der Waals surface area contributed by atoms with Gasteiger partial charge in [0.05, 0.1) is 12.6 Å². The van der Waals surface area contributed by atoms with Gasteiger partial charge in [0.15, 0.2) is 5.92 Å². The van der Waals surface area contributed by atoms with Crippen LogP contribution in [0.2, 0.25) is 0 Å². The Balaban J connectivity index is 2.34. The molecule has 1 aromatic rings. The number of ether oxygens (including phenoxy) is 1. The molecule has 2 atom stereocenters. The lowest BCUT2D eigenvalue weighted by Gasteiger charge is -2.52. The molecule has 1 aliphatic rings. The predicted molar refractivity (Wildman–Crippen MR) is 75.9 cm³/mol. The molecular formula is C16H21NO3. The molecule has 1 fully saturated rings. The second kappa shape index (κ2) is 5.27. The highest BCUT2D eigenvalue weighted by molar-refractivity contribution is 6.04. The minimum Gasteiger partial charge on any atom is -0.465 e. The van der Waals surface area contributed by atoms with Crippen molar-refractivity contribution in [3.05, 3.63) is 35.9 Å². The number of amides is 1. The van der Waals surface area contributed by atoms with Crippen LogP contribution in [0.25, 0.3) is 0 Å². The van der Waals surface area contributed by atoms with Crippen LogP contribution < -0.4 is 0 Å². The van der Waals surface area contributed by atoms with Gasteiger partial charge in [0, 0.05) is 5.54 Å². The number of carbonyl (C=O) groups is 2. The van der Waals surface area contributed by atoms with Gasteiger partial charge >= 0.3 is 5.97 Å². The first-order valence-corrected chi connectivity index (χ1v) is 6.92. The molecule has 4 heteroatoms. The Hall–Kier alpha value is -1.84. The summed E-state index contributed by atoms with van der Waals surface area (Å²) in [5.41, 5.74) is 0.653. The van der Waals surface area contributed by atoms with E-state index >= 15 is 0 Å². The maximum atomic E-state index is 12.3. The Bertz CT molecular complexity index is 504. The van der Waals surface area contributed by atoms with Gasteiger partial charge in [-0.2, -0.15) is 0 Å². The van der Waals surface area contributed by atoms with Crippen molar-refractivity contribution in [2.24, 2.45) is 5.92 Å². The van der Waals surface area contributed by atoms with Crippen molar-refractivity contribution in [3.8, 4) is 0 Å². The molecule has 1 aliphatic heterocycles. The van der Waals surface area contributed by atoms with Gasteiger partial charge in [-0.1, -0.05) is 30.3 Å². The molecule has 0 N–H and O–H groups in total. The van der Waals surface area contributed by atoms with E-state index in [0.29, 0.717) is 6.61 Å². The summed E-state index contributed by atoms with van der Waals surface area (Å²) >= 11 is 0. The summed E-state index contributed by atoms with van der Waals surface area (Å²) in [5, 5.41) is 0. The number of β-lactam (4-membered cyclic amide) rings is 1. The van der Waals surface area contributed by atoms with E-state index in [4.69, 9.17) is 4.74 Å². The number of nitrogens with zero attached hydrogens (tertiary/aromatic N) is 1. The largest absolute Gasteiger partial charge is 0.465 e. The molecule has 1 amide bonds. The third kappa shape index (κ3) is 2.42. The molecule has 0 saturated carbocycles. The normalized spacial score (nSPS) is 22.4. The summed E-state index contributed by atoms with van der Waals surface area (Å²) in [7, 11) is 0. The molecule has 0 aliphatic carbocycles. The minimum atomic E-state index is -0.712. The average molecular weight is 275 g/mol. The molecule has 1 heterocycles. The van der Waals surface area contributed by atoms with Crippen LogP contribution in [0.3, 0.4) is 0 Å². The van der Waals surface area contributed by atoms with Gasteiger partial charge in [-0.15, -0.1) is 0 Å². The van der Waals surface area contributed by atoms with Gasteiger partial charge in [0.2, 0.25) is 5.91 Å². The molecule has 4 nitrogen and oxygen atoms in total. The quantitative estimate of drug-likeness (QED) is 0.484. The van der Waals surface area contributed by atoms with Crippen molar-refractivity contribution in [1.82, 2.24) is 4.90 Å². The molecule has 0 spiro atoms. The lowest BCUT2D eigenvalue weighted by Crippen LogP contribution is -2.64. The van der Waals surface area contributed by atoms with Crippen molar-refractivity contribution in [1.29, 1.82) is 0 Å². The van der Waals surface area contributed by atoms with E-state index in [-0.39, 0.29) is 17.5 Å². The van der Waals surface area contributed by atoms with Crippen LogP contribution in [-0.4, -0.2) is 28.9 Å². The summed E-state index contributed by atoms with van der Waals surface area (Å²) in [4.78, 5) is 26.1. The zero-order valence-corrected chi connectivity index (χ0v) is 12.4. The van der Waals surface area contributed by atoms with Crippen molar-refractivity contribution in [3.63, 3.8) is 0 Å². The van der Waals surface area contributed by atoms with Crippen molar-refractivity contribution < 1.29 is 14.3 Å². The SMILES string of the molecule is CCOC(=O)[C@H]1C(=O)N(C(C)(C)C)[C@H]1c1ccccc1. The summed E-state index contributed by atoms with van der Waals surface area (Å²) < 4.78 is 5.04. The second-order valence-electron chi connectivity index (χ2n) is 5.96. The van der Waals surface area contributed by atoms with Gasteiger partial charge in [-0.3, -0.25) is 9.59 Å². The topological polar surface area (TPSA) is 46.6 Å². The Morgan fingerprint density at radius 2 is 1.85 bits per heavy atom. The van der Waals surface area contributed by atoms with Gasteiger partial charge in [0.25, 0.3) is 0 Å². The first kappa shape index (κ1) is 14.6. The minimum absolute atomic E-state index is 0.148. The van der Waals surface area contributed by atoms with Crippen LogP contribution in [0.4, 0.5) is 0 Å². The third-order valence-electron chi connectivity index (χ3n) is 3.50. The summed E-state index contributed by atoms with van der Waals surface area (Å²) in [6, 6.07) is 9.42. The smallest absolute Gasteiger partial charge is 0.321 e. The van der Waals surface area contributed by atoms with Gasteiger partial charge in [-0.05, 0) is 33.3 Å². The maximum absolute atomic E-state index is 12.3. The van der Waals surface area contributed by atoms with E-state index in [0.717, 1.165) is 5.56 Å². The molecule has 108 valence electrons. The monoisotopic (exact) mass is 275 g/mol.